The maximum Gasteiger partial charge on any atom is 0.245 e. The highest BCUT2D eigenvalue weighted by molar-refractivity contribution is 7.89. The molecule has 1 aromatic rings. The van der Waals surface area contributed by atoms with E-state index in [-0.39, 0.29) is 16.6 Å². The van der Waals surface area contributed by atoms with E-state index in [2.05, 4.69) is 0 Å². The van der Waals surface area contributed by atoms with Crippen molar-refractivity contribution in [2.75, 3.05) is 12.8 Å². The second-order valence-electron chi connectivity index (χ2n) is 5.18. The third-order valence-electron chi connectivity index (χ3n) is 3.88. The Bertz CT molecular complexity index is 628. The molecule has 1 aromatic carbocycles. The molecule has 1 saturated carbocycles. The summed E-state index contributed by atoms with van der Waals surface area (Å²) in [6, 6.07) is 6.30. The van der Waals surface area contributed by atoms with Gasteiger partial charge in [0.25, 0.3) is 0 Å². The molecule has 0 atom stereocenters. The smallest absolute Gasteiger partial charge is 0.245 e. The number of hydrogen-bond donors (Lipinski definition) is 1. The van der Waals surface area contributed by atoms with Crippen molar-refractivity contribution in [2.24, 2.45) is 0 Å². The fraction of sp³-hybridized carbons (Fsp3) is 0.500. The molecule has 0 spiro atoms. The van der Waals surface area contributed by atoms with Gasteiger partial charge in [-0.05, 0) is 31.0 Å². The molecular weight excluding hydrogens is 274 g/mol. The summed E-state index contributed by atoms with van der Waals surface area (Å²) in [4.78, 5) is 0.0876. The quantitative estimate of drug-likeness (QED) is 0.864. The molecule has 2 N–H and O–H groups in total. The van der Waals surface area contributed by atoms with Crippen molar-refractivity contribution in [2.45, 2.75) is 43.0 Å². The molecule has 1 aliphatic rings. The number of sulfonamides is 1. The summed E-state index contributed by atoms with van der Waals surface area (Å²) in [5, 5.41) is 8.80. The predicted octanol–water partition coefficient (Wildman–Crippen LogP) is 2.09. The van der Waals surface area contributed by atoms with Gasteiger partial charge in [0.1, 0.15) is 4.90 Å². The number of rotatable bonds is 3. The Morgan fingerprint density at radius 1 is 1.30 bits per heavy atom. The minimum atomic E-state index is -3.60. The second-order valence-corrected chi connectivity index (χ2v) is 7.14. The van der Waals surface area contributed by atoms with Gasteiger partial charge in [0, 0.05) is 13.1 Å². The molecule has 5 nitrogen and oxygen atoms in total. The van der Waals surface area contributed by atoms with Gasteiger partial charge in [-0.1, -0.05) is 19.3 Å². The molecular formula is C14H19N3O2S. The summed E-state index contributed by atoms with van der Waals surface area (Å²) < 4.78 is 26.7. The minimum absolute atomic E-state index is 0.0452. The Labute approximate surface area is 120 Å². The molecule has 1 fully saturated rings. The molecule has 0 bridgehead atoms. The topological polar surface area (TPSA) is 87.2 Å². The van der Waals surface area contributed by atoms with Crippen LogP contribution in [0.5, 0.6) is 0 Å². The molecule has 0 aliphatic heterocycles. The summed E-state index contributed by atoms with van der Waals surface area (Å²) in [6.45, 7) is 0. The Morgan fingerprint density at radius 3 is 2.50 bits per heavy atom. The fourth-order valence-corrected chi connectivity index (χ4v) is 4.16. The van der Waals surface area contributed by atoms with Crippen molar-refractivity contribution in [3.63, 3.8) is 0 Å². The monoisotopic (exact) mass is 293 g/mol. The van der Waals surface area contributed by atoms with Gasteiger partial charge in [-0.15, -0.1) is 0 Å². The summed E-state index contributed by atoms with van der Waals surface area (Å²) in [7, 11) is -1.98. The van der Waals surface area contributed by atoms with Crippen LogP contribution in [-0.4, -0.2) is 25.8 Å². The summed E-state index contributed by atoms with van der Waals surface area (Å²) in [5.74, 6) is 0. The number of benzene rings is 1. The van der Waals surface area contributed by atoms with E-state index in [0.717, 1.165) is 25.7 Å². The normalized spacial score (nSPS) is 17.1. The molecule has 0 heterocycles. The van der Waals surface area contributed by atoms with E-state index in [1.54, 1.807) is 7.05 Å². The van der Waals surface area contributed by atoms with E-state index in [0.29, 0.717) is 5.56 Å². The average Bonchev–Trinajstić information content (AvgIpc) is 2.46. The first kappa shape index (κ1) is 14.8. The number of nitrogens with zero attached hydrogens (tertiary/aromatic N) is 2. The van der Waals surface area contributed by atoms with Crippen molar-refractivity contribution in [3.05, 3.63) is 23.8 Å². The molecule has 0 amide bonds. The van der Waals surface area contributed by atoms with Crippen molar-refractivity contribution in [1.82, 2.24) is 4.31 Å². The van der Waals surface area contributed by atoms with Gasteiger partial charge in [0.05, 0.1) is 17.3 Å². The van der Waals surface area contributed by atoms with Gasteiger partial charge < -0.3 is 5.73 Å². The van der Waals surface area contributed by atoms with Crippen LogP contribution < -0.4 is 5.73 Å². The second kappa shape index (κ2) is 5.81. The fourth-order valence-electron chi connectivity index (χ4n) is 2.65. The SMILES string of the molecule is CN(C1CCCCC1)S(=O)(=O)c1ccc(C#N)cc1N. The molecule has 0 aromatic heterocycles. The van der Waals surface area contributed by atoms with E-state index in [4.69, 9.17) is 11.0 Å². The summed E-state index contributed by atoms with van der Waals surface area (Å²) in [6.07, 6.45) is 5.09. The zero-order valence-corrected chi connectivity index (χ0v) is 12.4. The zero-order chi connectivity index (χ0) is 14.8. The Kier molecular flexibility index (Phi) is 4.31. The number of hydrogen-bond acceptors (Lipinski definition) is 4. The van der Waals surface area contributed by atoms with Gasteiger partial charge in [0.2, 0.25) is 10.0 Å². The summed E-state index contributed by atoms with van der Waals surface area (Å²) in [5.41, 5.74) is 6.29. The van der Waals surface area contributed by atoms with Crippen LogP contribution in [0.25, 0.3) is 0 Å². The van der Waals surface area contributed by atoms with Crippen LogP contribution in [0.1, 0.15) is 37.7 Å². The van der Waals surface area contributed by atoms with Gasteiger partial charge in [0.15, 0.2) is 0 Å². The first-order chi connectivity index (χ1) is 9.46. The third kappa shape index (κ3) is 2.79. The Balaban J connectivity index is 2.32. The molecule has 2 rings (SSSR count). The number of nitrogen functional groups attached to an aromatic ring is 1. The van der Waals surface area contributed by atoms with Gasteiger partial charge in [-0.3, -0.25) is 0 Å². The molecule has 1 aliphatic carbocycles. The number of nitrogens with two attached hydrogens (primary N) is 1. The molecule has 6 heteroatoms. The van der Waals surface area contributed by atoms with Gasteiger partial charge >= 0.3 is 0 Å². The molecule has 0 unspecified atom stereocenters. The maximum atomic E-state index is 12.6. The van der Waals surface area contributed by atoms with Crippen LogP contribution in [0, 0.1) is 11.3 Å². The van der Waals surface area contributed by atoms with Gasteiger partial charge in [-0.2, -0.15) is 9.57 Å². The minimum Gasteiger partial charge on any atom is -0.398 e. The lowest BCUT2D eigenvalue weighted by Crippen LogP contribution is -2.38. The highest BCUT2D eigenvalue weighted by Gasteiger charge is 2.30. The van der Waals surface area contributed by atoms with Crippen LogP contribution >= 0.6 is 0 Å². The zero-order valence-electron chi connectivity index (χ0n) is 11.5. The maximum absolute atomic E-state index is 12.6. The van der Waals surface area contributed by atoms with Crippen LogP contribution in [0.2, 0.25) is 0 Å². The number of nitriles is 1. The predicted molar refractivity (Wildman–Crippen MR) is 77.4 cm³/mol. The van der Waals surface area contributed by atoms with Crippen LogP contribution in [0.4, 0.5) is 5.69 Å². The molecule has 0 radical (unpaired) electrons. The van der Waals surface area contributed by atoms with Gasteiger partial charge in [-0.25, -0.2) is 8.42 Å². The standard InChI is InChI=1S/C14H19N3O2S/c1-17(12-5-3-2-4-6-12)20(18,19)14-8-7-11(10-15)9-13(14)16/h7-9,12H,2-6,16H2,1H3. The van der Waals surface area contributed by atoms with E-state index >= 15 is 0 Å². The average molecular weight is 293 g/mol. The van der Waals surface area contributed by atoms with Crippen molar-refractivity contribution < 1.29 is 8.42 Å². The molecule has 0 saturated heterocycles. The van der Waals surface area contributed by atoms with Crippen LogP contribution in [0.3, 0.4) is 0 Å². The van der Waals surface area contributed by atoms with Crippen LogP contribution in [-0.2, 0) is 10.0 Å². The highest BCUT2D eigenvalue weighted by atomic mass is 32.2. The Morgan fingerprint density at radius 2 is 1.95 bits per heavy atom. The lowest BCUT2D eigenvalue weighted by atomic mass is 9.96. The first-order valence-electron chi connectivity index (χ1n) is 6.74. The number of anilines is 1. The largest absolute Gasteiger partial charge is 0.398 e. The van der Waals surface area contributed by atoms with E-state index < -0.39 is 10.0 Å². The lowest BCUT2D eigenvalue weighted by Gasteiger charge is -2.30. The molecule has 20 heavy (non-hydrogen) atoms. The molecule has 108 valence electrons. The first-order valence-corrected chi connectivity index (χ1v) is 8.18. The van der Waals surface area contributed by atoms with E-state index in [1.165, 1.54) is 28.9 Å². The Hall–Kier alpha value is -1.58. The third-order valence-corrected chi connectivity index (χ3v) is 5.87. The van der Waals surface area contributed by atoms with Crippen molar-refractivity contribution in [3.8, 4) is 6.07 Å². The van der Waals surface area contributed by atoms with E-state index in [9.17, 15) is 8.42 Å². The lowest BCUT2D eigenvalue weighted by molar-refractivity contribution is 0.286. The summed E-state index contributed by atoms with van der Waals surface area (Å²) >= 11 is 0. The van der Waals surface area contributed by atoms with E-state index in [1.807, 2.05) is 6.07 Å². The highest BCUT2D eigenvalue weighted by Crippen LogP contribution is 2.29. The van der Waals surface area contributed by atoms with Crippen LogP contribution in [0.15, 0.2) is 23.1 Å². The van der Waals surface area contributed by atoms with Crippen molar-refractivity contribution in [1.29, 1.82) is 5.26 Å². The van der Waals surface area contributed by atoms with Crippen molar-refractivity contribution >= 4 is 15.7 Å².